The molecule has 8 aromatic rings. The van der Waals surface area contributed by atoms with Crippen LogP contribution in [0.4, 0.5) is 0 Å². The zero-order valence-corrected chi connectivity index (χ0v) is 31.8. The Morgan fingerprint density at radius 1 is 0.276 bits per heavy atom. The van der Waals surface area contributed by atoms with Gasteiger partial charge in [-0.05, 0) is 0 Å². The summed E-state index contributed by atoms with van der Waals surface area (Å²) < 4.78 is 37.0. The second kappa shape index (κ2) is 17.5. The number of benzene rings is 6. The molecule has 0 spiro atoms. The van der Waals surface area contributed by atoms with E-state index in [1.165, 1.54) is 0 Å². The molecule has 6 aromatic carbocycles. The van der Waals surface area contributed by atoms with E-state index in [4.69, 9.17) is 48.4 Å². The van der Waals surface area contributed by atoms with Crippen molar-refractivity contribution in [1.29, 1.82) is 0 Å². The Kier molecular flexibility index (Phi) is 11.1. The van der Waals surface area contributed by atoms with E-state index < -0.39 is 0 Å². The van der Waals surface area contributed by atoms with Gasteiger partial charge in [-0.15, -0.1) is 0 Å². The molecule has 0 aliphatic carbocycles. The number of nitrogens with zero attached hydrogens (tertiary/aromatic N) is 4. The molecule has 2 aromatic heterocycles. The van der Waals surface area contributed by atoms with E-state index in [1.54, 1.807) is 0 Å². The van der Waals surface area contributed by atoms with Crippen LogP contribution in [0.1, 0.15) is 0 Å². The molecular formula is C48H40N4O6. The second-order valence-corrected chi connectivity index (χ2v) is 13.5. The van der Waals surface area contributed by atoms with Gasteiger partial charge in [-0.25, -0.2) is 19.9 Å². The van der Waals surface area contributed by atoms with Gasteiger partial charge in [-0.1, -0.05) is 121 Å². The first-order chi connectivity index (χ1) is 28.8. The van der Waals surface area contributed by atoms with E-state index in [0.717, 1.165) is 45.0 Å². The maximum Gasteiger partial charge on any atom is 0.163 e. The van der Waals surface area contributed by atoms with Gasteiger partial charge in [0.15, 0.2) is 23.0 Å². The van der Waals surface area contributed by atoms with Crippen LogP contribution in [-0.4, -0.2) is 72.8 Å². The number of aromatic nitrogens is 4. The first-order valence-corrected chi connectivity index (χ1v) is 19.4. The molecule has 0 atom stereocenters. The van der Waals surface area contributed by atoms with E-state index >= 15 is 0 Å². The number of hydrogen-bond donors (Lipinski definition) is 0. The number of fused-ring (bicyclic) bond motifs is 4. The van der Waals surface area contributed by atoms with E-state index in [-0.39, 0.29) is 26.4 Å². The van der Waals surface area contributed by atoms with Gasteiger partial charge >= 0.3 is 0 Å². The Balaban J connectivity index is 0.961. The second-order valence-electron chi connectivity index (χ2n) is 13.5. The summed E-state index contributed by atoms with van der Waals surface area (Å²) >= 11 is 0. The van der Waals surface area contributed by atoms with Crippen LogP contribution in [0.2, 0.25) is 0 Å². The van der Waals surface area contributed by atoms with Crippen molar-refractivity contribution in [3.63, 3.8) is 0 Å². The molecule has 10 nitrogen and oxygen atoms in total. The third kappa shape index (κ3) is 8.29. The molecular weight excluding hydrogens is 729 g/mol. The van der Waals surface area contributed by atoms with Gasteiger partial charge in [-0.3, -0.25) is 0 Å². The van der Waals surface area contributed by atoms with Crippen molar-refractivity contribution in [2.24, 2.45) is 0 Å². The van der Waals surface area contributed by atoms with Crippen molar-refractivity contribution in [2.75, 3.05) is 52.9 Å². The molecule has 10 heteroatoms. The standard InChI is InChI=1S/C48H40N4O6/c1-5-13-33(14-6-1)45-46(34-15-7-2-8-16-34)50-38-30-42-41(29-37(38)49-45)55-25-21-53-23-27-57-43-31-39-40(32-44(43)58-28-24-54-22-26-56-42)52-48(36-19-11-4-12-20-36)47(51-39)35-17-9-3-10-18-35/h1-20,29-32H,21-28H2. The molecule has 0 fully saturated rings. The maximum absolute atomic E-state index is 6.26. The summed E-state index contributed by atoms with van der Waals surface area (Å²) in [6.07, 6.45) is 0. The molecule has 0 N–H and O–H groups in total. The first-order valence-electron chi connectivity index (χ1n) is 19.4. The molecule has 0 bridgehead atoms. The highest BCUT2D eigenvalue weighted by Crippen LogP contribution is 2.38. The van der Waals surface area contributed by atoms with Gasteiger partial charge in [-0.2, -0.15) is 0 Å². The lowest BCUT2D eigenvalue weighted by Crippen LogP contribution is -2.15. The fraction of sp³-hybridized carbons (Fsp3) is 0.167. The summed E-state index contributed by atoms with van der Waals surface area (Å²) in [6, 6.07) is 47.8. The van der Waals surface area contributed by atoms with Crippen LogP contribution >= 0.6 is 0 Å². The summed E-state index contributed by atoms with van der Waals surface area (Å²) in [6.45, 7) is 2.44. The van der Waals surface area contributed by atoms with Gasteiger partial charge in [0.2, 0.25) is 0 Å². The smallest absolute Gasteiger partial charge is 0.163 e. The van der Waals surface area contributed by atoms with Gasteiger partial charge < -0.3 is 28.4 Å². The topological polar surface area (TPSA) is 107 Å². The minimum absolute atomic E-state index is 0.283. The van der Waals surface area contributed by atoms with Crippen LogP contribution in [-0.2, 0) is 9.47 Å². The zero-order chi connectivity index (χ0) is 38.9. The lowest BCUT2D eigenvalue weighted by Gasteiger charge is -2.17. The molecule has 0 amide bonds. The van der Waals surface area contributed by atoms with Crippen molar-refractivity contribution < 1.29 is 28.4 Å². The van der Waals surface area contributed by atoms with Crippen molar-refractivity contribution in [2.45, 2.75) is 0 Å². The molecule has 0 saturated heterocycles. The largest absolute Gasteiger partial charge is 0.487 e. The van der Waals surface area contributed by atoms with Crippen LogP contribution in [0, 0.1) is 0 Å². The molecule has 288 valence electrons. The van der Waals surface area contributed by atoms with Gasteiger partial charge in [0.25, 0.3) is 0 Å². The lowest BCUT2D eigenvalue weighted by atomic mass is 10.0. The highest BCUT2D eigenvalue weighted by atomic mass is 16.6. The van der Waals surface area contributed by atoms with Crippen LogP contribution < -0.4 is 18.9 Å². The molecule has 1 aliphatic rings. The van der Waals surface area contributed by atoms with Crippen LogP contribution in [0.15, 0.2) is 146 Å². The highest BCUT2D eigenvalue weighted by molar-refractivity contribution is 5.89. The van der Waals surface area contributed by atoms with Crippen molar-refractivity contribution in [3.8, 4) is 68.0 Å². The number of rotatable bonds is 4. The minimum Gasteiger partial charge on any atom is -0.487 e. The van der Waals surface area contributed by atoms with E-state index in [1.807, 2.05) is 146 Å². The van der Waals surface area contributed by atoms with Gasteiger partial charge in [0, 0.05) is 46.5 Å². The Morgan fingerprint density at radius 2 is 0.500 bits per heavy atom. The van der Waals surface area contributed by atoms with Crippen molar-refractivity contribution >= 4 is 22.1 Å². The normalized spacial score (nSPS) is 14.1. The highest BCUT2D eigenvalue weighted by Gasteiger charge is 2.19. The zero-order valence-electron chi connectivity index (χ0n) is 31.8. The Bertz CT molecular complexity index is 2270. The monoisotopic (exact) mass is 768 g/mol. The summed E-state index contributed by atoms with van der Waals surface area (Å²) in [5.74, 6) is 2.18. The Hall–Kier alpha value is -6.88. The van der Waals surface area contributed by atoms with E-state index in [0.29, 0.717) is 71.5 Å². The lowest BCUT2D eigenvalue weighted by molar-refractivity contribution is 0.0641. The fourth-order valence-electron chi connectivity index (χ4n) is 6.82. The first kappa shape index (κ1) is 36.7. The number of hydrogen-bond acceptors (Lipinski definition) is 10. The Labute approximate surface area is 336 Å². The number of ether oxygens (including phenoxy) is 6. The van der Waals surface area contributed by atoms with Crippen LogP contribution in [0.3, 0.4) is 0 Å². The summed E-state index contributed by atoms with van der Waals surface area (Å²) in [7, 11) is 0. The van der Waals surface area contributed by atoms with Gasteiger partial charge in [0.1, 0.15) is 26.4 Å². The third-order valence-corrected chi connectivity index (χ3v) is 9.59. The minimum atomic E-state index is 0.283. The molecule has 1 aliphatic heterocycles. The molecule has 0 radical (unpaired) electrons. The molecule has 3 heterocycles. The predicted molar refractivity (Wildman–Crippen MR) is 224 cm³/mol. The van der Waals surface area contributed by atoms with Crippen molar-refractivity contribution in [1.82, 2.24) is 19.9 Å². The van der Waals surface area contributed by atoms with E-state index in [2.05, 4.69) is 0 Å². The quantitative estimate of drug-likeness (QED) is 0.172. The maximum atomic E-state index is 6.26. The van der Waals surface area contributed by atoms with E-state index in [9.17, 15) is 0 Å². The summed E-state index contributed by atoms with van der Waals surface area (Å²) in [5, 5.41) is 0. The fourth-order valence-corrected chi connectivity index (χ4v) is 6.82. The summed E-state index contributed by atoms with van der Waals surface area (Å²) in [5.41, 5.74) is 9.79. The van der Waals surface area contributed by atoms with Crippen LogP contribution in [0.5, 0.6) is 23.0 Å². The SMILES string of the molecule is c1ccc(-c2nc3cc4c(cc3nc2-c2ccccc2)OCCOCCOc2cc3nc(-c5ccccc5)c(-c5ccccc5)nc3cc2OCCOCCO4)cc1. The molecule has 9 rings (SSSR count). The van der Waals surface area contributed by atoms with Gasteiger partial charge in [0.05, 0.1) is 71.3 Å². The van der Waals surface area contributed by atoms with Crippen LogP contribution in [0.25, 0.3) is 67.1 Å². The Morgan fingerprint density at radius 3 is 0.724 bits per heavy atom. The average Bonchev–Trinajstić information content (AvgIpc) is 3.28. The predicted octanol–water partition coefficient (Wildman–Crippen LogP) is 9.50. The summed E-state index contributed by atoms with van der Waals surface area (Å²) in [4.78, 5) is 20.4. The van der Waals surface area contributed by atoms with Crippen molar-refractivity contribution in [3.05, 3.63) is 146 Å². The molecule has 0 unspecified atom stereocenters. The average molecular weight is 769 g/mol. The molecule has 0 saturated carbocycles. The molecule has 58 heavy (non-hydrogen) atoms. The third-order valence-electron chi connectivity index (χ3n) is 9.59.